The molecule has 1 aliphatic heterocycles. The predicted octanol–water partition coefficient (Wildman–Crippen LogP) is 1.62. The third kappa shape index (κ3) is 3.23. The normalized spacial score (nSPS) is 24.2. The number of likely N-dealkylation sites (tertiary alicyclic amines) is 1. The minimum Gasteiger partial charge on any atom is -0.398 e. The molecule has 0 saturated carbocycles. The van der Waals surface area contributed by atoms with Crippen molar-refractivity contribution in [2.75, 3.05) is 19.3 Å². The number of halogens is 1. The van der Waals surface area contributed by atoms with Gasteiger partial charge in [-0.1, -0.05) is 0 Å². The Morgan fingerprint density at radius 2 is 2.26 bits per heavy atom. The van der Waals surface area contributed by atoms with Crippen molar-refractivity contribution in [2.45, 2.75) is 31.8 Å². The summed E-state index contributed by atoms with van der Waals surface area (Å²) in [4.78, 5) is 14.4. The van der Waals surface area contributed by atoms with Gasteiger partial charge in [0.1, 0.15) is 5.82 Å². The van der Waals surface area contributed by atoms with Gasteiger partial charge in [0, 0.05) is 24.3 Å². The SMILES string of the molecule is CC1CC(NC(=O)c2cc(F)ccc2N)CCN1C. The van der Waals surface area contributed by atoms with Crippen molar-refractivity contribution in [2.24, 2.45) is 0 Å². The van der Waals surface area contributed by atoms with Crippen LogP contribution in [0.25, 0.3) is 0 Å². The Morgan fingerprint density at radius 1 is 1.53 bits per heavy atom. The average molecular weight is 265 g/mol. The summed E-state index contributed by atoms with van der Waals surface area (Å²) in [7, 11) is 2.08. The van der Waals surface area contributed by atoms with Gasteiger partial charge in [-0.3, -0.25) is 4.79 Å². The van der Waals surface area contributed by atoms with E-state index in [1.165, 1.54) is 18.2 Å². The van der Waals surface area contributed by atoms with Gasteiger partial charge in [0.25, 0.3) is 5.91 Å². The van der Waals surface area contributed by atoms with Crippen LogP contribution in [0.15, 0.2) is 18.2 Å². The first kappa shape index (κ1) is 13.8. The van der Waals surface area contributed by atoms with E-state index in [0.29, 0.717) is 11.7 Å². The molecule has 1 aromatic rings. The molecule has 1 fully saturated rings. The lowest BCUT2D eigenvalue weighted by Crippen LogP contribution is -2.47. The summed E-state index contributed by atoms with van der Waals surface area (Å²) in [6, 6.07) is 4.42. The molecule has 0 bridgehead atoms. The van der Waals surface area contributed by atoms with Gasteiger partial charge in [-0.25, -0.2) is 4.39 Å². The Bertz CT molecular complexity index is 478. The van der Waals surface area contributed by atoms with Crippen LogP contribution < -0.4 is 11.1 Å². The maximum atomic E-state index is 13.2. The number of carbonyl (C=O) groups excluding carboxylic acids is 1. The van der Waals surface area contributed by atoms with Crippen molar-refractivity contribution >= 4 is 11.6 Å². The summed E-state index contributed by atoms with van der Waals surface area (Å²) in [5.41, 5.74) is 6.23. The smallest absolute Gasteiger partial charge is 0.253 e. The lowest BCUT2D eigenvalue weighted by Gasteiger charge is -2.35. The Kier molecular flexibility index (Phi) is 4.04. The highest BCUT2D eigenvalue weighted by Gasteiger charge is 2.24. The highest BCUT2D eigenvalue weighted by molar-refractivity contribution is 5.99. The maximum Gasteiger partial charge on any atom is 0.253 e. The quantitative estimate of drug-likeness (QED) is 0.799. The molecule has 1 aromatic carbocycles. The van der Waals surface area contributed by atoms with Gasteiger partial charge < -0.3 is 16.0 Å². The first-order chi connectivity index (χ1) is 8.97. The predicted molar refractivity (Wildman–Crippen MR) is 73.4 cm³/mol. The summed E-state index contributed by atoms with van der Waals surface area (Å²) in [6.07, 6.45) is 1.80. The van der Waals surface area contributed by atoms with E-state index in [4.69, 9.17) is 5.73 Å². The van der Waals surface area contributed by atoms with Gasteiger partial charge in [-0.05, 0) is 45.0 Å². The van der Waals surface area contributed by atoms with Crippen LogP contribution in [-0.2, 0) is 0 Å². The van der Waals surface area contributed by atoms with E-state index in [-0.39, 0.29) is 17.5 Å². The van der Waals surface area contributed by atoms with Gasteiger partial charge in [0.2, 0.25) is 0 Å². The monoisotopic (exact) mass is 265 g/mol. The van der Waals surface area contributed by atoms with Crippen LogP contribution in [-0.4, -0.2) is 36.5 Å². The molecule has 1 amide bonds. The number of nitrogens with zero attached hydrogens (tertiary/aromatic N) is 1. The van der Waals surface area contributed by atoms with Crippen LogP contribution in [0.1, 0.15) is 30.1 Å². The topological polar surface area (TPSA) is 58.4 Å². The number of carbonyl (C=O) groups is 1. The van der Waals surface area contributed by atoms with Gasteiger partial charge >= 0.3 is 0 Å². The third-order valence-electron chi connectivity index (χ3n) is 3.80. The number of anilines is 1. The second-order valence-electron chi connectivity index (χ2n) is 5.26. The van der Waals surface area contributed by atoms with Crippen LogP contribution in [0.3, 0.4) is 0 Å². The third-order valence-corrected chi connectivity index (χ3v) is 3.80. The number of nitrogens with two attached hydrogens (primary N) is 1. The molecule has 5 heteroatoms. The molecule has 0 spiro atoms. The maximum absolute atomic E-state index is 13.2. The highest BCUT2D eigenvalue weighted by Crippen LogP contribution is 2.18. The summed E-state index contributed by atoms with van der Waals surface area (Å²) < 4.78 is 13.2. The number of rotatable bonds is 2. The second-order valence-corrected chi connectivity index (χ2v) is 5.26. The summed E-state index contributed by atoms with van der Waals surface area (Å²) in [5, 5.41) is 2.94. The van der Waals surface area contributed by atoms with Gasteiger partial charge in [-0.2, -0.15) is 0 Å². The Labute approximate surface area is 112 Å². The van der Waals surface area contributed by atoms with Crippen molar-refractivity contribution < 1.29 is 9.18 Å². The molecule has 1 aliphatic rings. The molecule has 2 rings (SSSR count). The molecule has 1 saturated heterocycles. The zero-order valence-electron chi connectivity index (χ0n) is 11.3. The second kappa shape index (κ2) is 5.57. The number of hydrogen-bond donors (Lipinski definition) is 2. The van der Waals surface area contributed by atoms with Crippen LogP contribution in [0.2, 0.25) is 0 Å². The van der Waals surface area contributed by atoms with Gasteiger partial charge in [0.15, 0.2) is 0 Å². The van der Waals surface area contributed by atoms with E-state index in [0.717, 1.165) is 19.4 Å². The fraction of sp³-hybridized carbons (Fsp3) is 0.500. The molecule has 2 atom stereocenters. The van der Waals surface area contributed by atoms with Gasteiger partial charge in [-0.15, -0.1) is 0 Å². The molecule has 0 aliphatic carbocycles. The fourth-order valence-electron chi connectivity index (χ4n) is 2.41. The van der Waals surface area contributed by atoms with E-state index in [1.807, 2.05) is 0 Å². The molecule has 0 aromatic heterocycles. The Hall–Kier alpha value is -1.62. The average Bonchev–Trinajstić information content (AvgIpc) is 2.36. The van der Waals surface area contributed by atoms with Crippen LogP contribution >= 0.6 is 0 Å². The Balaban J connectivity index is 2.03. The molecule has 4 nitrogen and oxygen atoms in total. The summed E-state index contributed by atoms with van der Waals surface area (Å²) >= 11 is 0. The van der Waals surface area contributed by atoms with E-state index in [9.17, 15) is 9.18 Å². The van der Waals surface area contributed by atoms with Gasteiger partial charge in [0.05, 0.1) is 5.56 Å². The standard InChI is InChI=1S/C14H20FN3O/c1-9-7-11(5-6-18(9)2)17-14(19)12-8-10(15)3-4-13(12)16/h3-4,8-9,11H,5-7,16H2,1-2H3,(H,17,19). The number of nitrogens with one attached hydrogen (secondary N) is 1. The number of piperidine rings is 1. The molecular weight excluding hydrogens is 245 g/mol. The molecular formula is C14H20FN3O. The fourth-order valence-corrected chi connectivity index (χ4v) is 2.41. The number of benzene rings is 1. The first-order valence-corrected chi connectivity index (χ1v) is 6.53. The number of nitrogen functional groups attached to an aromatic ring is 1. The molecule has 1 heterocycles. The van der Waals surface area contributed by atoms with Crippen molar-refractivity contribution in [3.63, 3.8) is 0 Å². The van der Waals surface area contributed by atoms with E-state index < -0.39 is 5.82 Å². The minimum atomic E-state index is -0.448. The van der Waals surface area contributed by atoms with Crippen LogP contribution in [0.5, 0.6) is 0 Å². The molecule has 0 radical (unpaired) electrons. The molecule has 3 N–H and O–H groups in total. The number of hydrogen-bond acceptors (Lipinski definition) is 3. The van der Waals surface area contributed by atoms with E-state index in [1.54, 1.807) is 0 Å². The zero-order valence-corrected chi connectivity index (χ0v) is 11.3. The van der Waals surface area contributed by atoms with Crippen LogP contribution in [0, 0.1) is 5.82 Å². The molecule has 2 unspecified atom stereocenters. The largest absolute Gasteiger partial charge is 0.398 e. The number of amides is 1. The lowest BCUT2D eigenvalue weighted by molar-refractivity contribution is 0.0897. The first-order valence-electron chi connectivity index (χ1n) is 6.53. The highest BCUT2D eigenvalue weighted by atomic mass is 19.1. The summed E-state index contributed by atoms with van der Waals surface area (Å²) in [6.45, 7) is 3.08. The Morgan fingerprint density at radius 3 is 2.95 bits per heavy atom. The summed E-state index contributed by atoms with van der Waals surface area (Å²) in [5.74, 6) is -0.741. The zero-order chi connectivity index (χ0) is 14.0. The van der Waals surface area contributed by atoms with Crippen molar-refractivity contribution in [3.05, 3.63) is 29.6 Å². The molecule has 104 valence electrons. The van der Waals surface area contributed by atoms with E-state index in [2.05, 4.69) is 24.2 Å². The molecule has 19 heavy (non-hydrogen) atoms. The van der Waals surface area contributed by atoms with Crippen molar-refractivity contribution in [1.82, 2.24) is 10.2 Å². The van der Waals surface area contributed by atoms with Crippen molar-refractivity contribution in [1.29, 1.82) is 0 Å². The van der Waals surface area contributed by atoms with Crippen LogP contribution in [0.4, 0.5) is 10.1 Å². The minimum absolute atomic E-state index is 0.126. The van der Waals surface area contributed by atoms with Crippen molar-refractivity contribution in [3.8, 4) is 0 Å². The lowest BCUT2D eigenvalue weighted by atomic mass is 9.98. The van der Waals surface area contributed by atoms with E-state index >= 15 is 0 Å².